The van der Waals surface area contributed by atoms with Crippen molar-refractivity contribution in [3.8, 4) is 5.75 Å². The zero-order valence-corrected chi connectivity index (χ0v) is 11.3. The molecule has 1 heterocycles. The molecule has 1 fully saturated rings. The van der Waals surface area contributed by atoms with Crippen molar-refractivity contribution in [3.05, 3.63) is 29.3 Å². The monoisotopic (exact) mass is 289 g/mol. The summed E-state index contributed by atoms with van der Waals surface area (Å²) < 4.78 is 49.6. The van der Waals surface area contributed by atoms with Crippen LogP contribution in [0.2, 0.25) is 0 Å². The Kier molecular flexibility index (Phi) is 4.88. The zero-order chi connectivity index (χ0) is 14.6. The maximum absolute atomic E-state index is 13.0. The van der Waals surface area contributed by atoms with Crippen LogP contribution in [0.5, 0.6) is 5.75 Å². The van der Waals surface area contributed by atoms with E-state index in [-0.39, 0.29) is 18.5 Å². The fourth-order valence-electron chi connectivity index (χ4n) is 2.22. The Morgan fingerprint density at radius 3 is 2.80 bits per heavy atom. The number of rotatable bonds is 4. The van der Waals surface area contributed by atoms with E-state index in [0.29, 0.717) is 25.1 Å². The molecule has 112 valence electrons. The predicted octanol–water partition coefficient (Wildman–Crippen LogP) is 2.64. The molecule has 0 radical (unpaired) electrons. The number of halogens is 3. The van der Waals surface area contributed by atoms with Crippen LogP contribution in [0.4, 0.5) is 13.2 Å². The molecule has 1 saturated heterocycles. The van der Waals surface area contributed by atoms with Crippen LogP contribution < -0.4 is 10.1 Å². The molecule has 1 atom stereocenters. The average molecular weight is 289 g/mol. The van der Waals surface area contributed by atoms with Gasteiger partial charge in [0.25, 0.3) is 0 Å². The molecule has 1 unspecified atom stereocenters. The fourth-order valence-corrected chi connectivity index (χ4v) is 2.22. The third kappa shape index (κ3) is 3.86. The lowest BCUT2D eigenvalue weighted by Crippen LogP contribution is -2.39. The van der Waals surface area contributed by atoms with Gasteiger partial charge in [-0.05, 0) is 31.0 Å². The lowest BCUT2D eigenvalue weighted by Gasteiger charge is -2.24. The quantitative estimate of drug-likeness (QED) is 0.924. The number of hydrogen-bond donors (Lipinski definition) is 1. The first-order chi connectivity index (χ1) is 9.50. The summed E-state index contributed by atoms with van der Waals surface area (Å²) in [6, 6.07) is 4.21. The van der Waals surface area contributed by atoms with Gasteiger partial charge in [0, 0.05) is 13.1 Å². The molecule has 1 aliphatic heterocycles. The molecule has 0 bridgehead atoms. The summed E-state index contributed by atoms with van der Waals surface area (Å²) >= 11 is 0. The summed E-state index contributed by atoms with van der Waals surface area (Å²) in [5, 5.41) is 3.16. The molecule has 3 nitrogen and oxygen atoms in total. The van der Waals surface area contributed by atoms with E-state index in [1.54, 1.807) is 13.0 Å². The van der Waals surface area contributed by atoms with Crippen LogP contribution in [0.1, 0.15) is 18.1 Å². The maximum Gasteiger partial charge on any atom is 0.419 e. The van der Waals surface area contributed by atoms with Crippen molar-refractivity contribution >= 4 is 0 Å². The molecular formula is C14H18F3NO2. The first-order valence-corrected chi connectivity index (χ1v) is 6.66. The number of ether oxygens (including phenoxy) is 2. The molecule has 0 amide bonds. The standard InChI is InChI=1S/C14H18F3NO2/c1-2-19-13-4-3-10(8-12(13)14(15,16)17)7-11-9-18-5-6-20-11/h3-4,8,11,18H,2,5-7,9H2,1H3. The summed E-state index contributed by atoms with van der Waals surface area (Å²) in [5.74, 6) is -0.119. The summed E-state index contributed by atoms with van der Waals surface area (Å²) in [7, 11) is 0. The van der Waals surface area contributed by atoms with E-state index in [1.165, 1.54) is 6.07 Å². The molecule has 2 rings (SSSR count). The Balaban J connectivity index is 2.17. The molecule has 1 aromatic carbocycles. The van der Waals surface area contributed by atoms with Gasteiger partial charge in [-0.2, -0.15) is 13.2 Å². The number of alkyl halides is 3. The van der Waals surface area contributed by atoms with Crippen LogP contribution in [-0.4, -0.2) is 32.4 Å². The zero-order valence-electron chi connectivity index (χ0n) is 11.3. The second kappa shape index (κ2) is 6.45. The summed E-state index contributed by atoms with van der Waals surface area (Å²) in [6.07, 6.45) is -4.03. The van der Waals surface area contributed by atoms with E-state index in [1.807, 2.05) is 0 Å². The normalized spacial score (nSPS) is 19.9. The molecule has 0 aromatic heterocycles. The predicted molar refractivity (Wildman–Crippen MR) is 68.9 cm³/mol. The van der Waals surface area contributed by atoms with E-state index >= 15 is 0 Å². The number of hydrogen-bond acceptors (Lipinski definition) is 3. The van der Waals surface area contributed by atoms with E-state index in [4.69, 9.17) is 9.47 Å². The maximum atomic E-state index is 13.0. The number of nitrogens with one attached hydrogen (secondary N) is 1. The second-order valence-corrected chi connectivity index (χ2v) is 4.66. The van der Waals surface area contributed by atoms with Gasteiger partial charge in [-0.3, -0.25) is 0 Å². The first-order valence-electron chi connectivity index (χ1n) is 6.66. The molecule has 0 spiro atoms. The van der Waals surface area contributed by atoms with Crippen molar-refractivity contribution in [3.63, 3.8) is 0 Å². The first kappa shape index (κ1) is 15.1. The Morgan fingerprint density at radius 1 is 1.40 bits per heavy atom. The van der Waals surface area contributed by atoms with E-state index < -0.39 is 11.7 Å². The van der Waals surface area contributed by atoms with E-state index in [0.717, 1.165) is 12.6 Å². The van der Waals surface area contributed by atoms with Gasteiger partial charge in [0.2, 0.25) is 0 Å². The SMILES string of the molecule is CCOc1ccc(CC2CNCCO2)cc1C(F)(F)F. The van der Waals surface area contributed by atoms with Crippen LogP contribution in [0.3, 0.4) is 0 Å². The van der Waals surface area contributed by atoms with Crippen molar-refractivity contribution in [2.24, 2.45) is 0 Å². The summed E-state index contributed by atoms with van der Waals surface area (Å²) in [6.45, 7) is 3.91. The summed E-state index contributed by atoms with van der Waals surface area (Å²) in [4.78, 5) is 0. The molecule has 6 heteroatoms. The van der Waals surface area contributed by atoms with Gasteiger partial charge in [0.05, 0.1) is 24.9 Å². The number of benzene rings is 1. The van der Waals surface area contributed by atoms with Crippen molar-refractivity contribution < 1.29 is 22.6 Å². The molecule has 0 saturated carbocycles. The van der Waals surface area contributed by atoms with Gasteiger partial charge >= 0.3 is 6.18 Å². The minimum atomic E-state index is -4.41. The van der Waals surface area contributed by atoms with Crippen molar-refractivity contribution in [1.82, 2.24) is 5.32 Å². The number of morpholine rings is 1. The third-order valence-electron chi connectivity index (χ3n) is 3.12. The van der Waals surface area contributed by atoms with Gasteiger partial charge in [-0.15, -0.1) is 0 Å². The average Bonchev–Trinajstić information content (AvgIpc) is 2.41. The molecule has 20 heavy (non-hydrogen) atoms. The lowest BCUT2D eigenvalue weighted by atomic mass is 10.0. The highest BCUT2D eigenvalue weighted by molar-refractivity contribution is 5.39. The highest BCUT2D eigenvalue weighted by Gasteiger charge is 2.34. The van der Waals surface area contributed by atoms with Crippen LogP contribution >= 0.6 is 0 Å². The van der Waals surface area contributed by atoms with Crippen LogP contribution in [0.25, 0.3) is 0 Å². The summed E-state index contributed by atoms with van der Waals surface area (Å²) in [5.41, 5.74) is -0.116. The van der Waals surface area contributed by atoms with E-state index in [9.17, 15) is 13.2 Å². The largest absolute Gasteiger partial charge is 0.493 e. The lowest BCUT2D eigenvalue weighted by molar-refractivity contribution is -0.139. The van der Waals surface area contributed by atoms with Crippen molar-refractivity contribution in [1.29, 1.82) is 0 Å². The van der Waals surface area contributed by atoms with Gasteiger partial charge in [-0.1, -0.05) is 6.07 Å². The van der Waals surface area contributed by atoms with Crippen LogP contribution in [0, 0.1) is 0 Å². The molecule has 0 aliphatic carbocycles. The Hall–Kier alpha value is -1.27. The Bertz CT molecular complexity index is 443. The minimum absolute atomic E-state index is 0.0808. The van der Waals surface area contributed by atoms with Crippen molar-refractivity contribution in [2.75, 3.05) is 26.3 Å². The second-order valence-electron chi connectivity index (χ2n) is 4.66. The molecule has 1 aromatic rings. The molecular weight excluding hydrogens is 271 g/mol. The van der Waals surface area contributed by atoms with E-state index in [2.05, 4.69) is 5.32 Å². The Labute approximate surface area is 116 Å². The molecule has 1 N–H and O–H groups in total. The topological polar surface area (TPSA) is 30.5 Å². The minimum Gasteiger partial charge on any atom is -0.493 e. The highest BCUT2D eigenvalue weighted by Crippen LogP contribution is 2.37. The van der Waals surface area contributed by atoms with Crippen LogP contribution in [-0.2, 0) is 17.3 Å². The molecule has 1 aliphatic rings. The van der Waals surface area contributed by atoms with Gasteiger partial charge < -0.3 is 14.8 Å². The fraction of sp³-hybridized carbons (Fsp3) is 0.571. The van der Waals surface area contributed by atoms with Gasteiger partial charge in [-0.25, -0.2) is 0 Å². The van der Waals surface area contributed by atoms with Gasteiger partial charge in [0.15, 0.2) is 0 Å². The third-order valence-corrected chi connectivity index (χ3v) is 3.12. The van der Waals surface area contributed by atoms with Crippen LogP contribution in [0.15, 0.2) is 18.2 Å². The Morgan fingerprint density at radius 2 is 2.20 bits per heavy atom. The van der Waals surface area contributed by atoms with Gasteiger partial charge in [0.1, 0.15) is 5.75 Å². The van der Waals surface area contributed by atoms with Crippen molar-refractivity contribution in [2.45, 2.75) is 25.6 Å². The smallest absolute Gasteiger partial charge is 0.419 e. The highest BCUT2D eigenvalue weighted by atomic mass is 19.4.